The second kappa shape index (κ2) is 4.48. The van der Waals surface area contributed by atoms with Crippen molar-refractivity contribution >= 4 is 5.97 Å². The van der Waals surface area contributed by atoms with E-state index in [0.29, 0.717) is 11.3 Å². The fourth-order valence-corrected chi connectivity index (χ4v) is 2.33. The van der Waals surface area contributed by atoms with Crippen LogP contribution >= 0.6 is 0 Å². The maximum Gasteiger partial charge on any atom is 0.304 e. The smallest absolute Gasteiger partial charge is 0.304 e. The van der Waals surface area contributed by atoms with E-state index in [0.717, 1.165) is 12.8 Å². The van der Waals surface area contributed by atoms with Gasteiger partial charge < -0.3 is 14.6 Å². The number of benzene rings is 1. The molecular formula is C13H15FO4. The average molecular weight is 254 g/mol. The Morgan fingerprint density at radius 1 is 1.33 bits per heavy atom. The van der Waals surface area contributed by atoms with Crippen LogP contribution in [-0.2, 0) is 10.2 Å². The highest BCUT2D eigenvalue weighted by molar-refractivity contribution is 5.71. The lowest BCUT2D eigenvalue weighted by molar-refractivity contribution is -0.137. The second-order valence-corrected chi connectivity index (χ2v) is 4.51. The summed E-state index contributed by atoms with van der Waals surface area (Å²) in [6.45, 7) is 0. The van der Waals surface area contributed by atoms with Crippen molar-refractivity contribution in [2.75, 3.05) is 14.2 Å². The SMILES string of the molecule is COc1c(F)ccc(C2(CC(=O)O)CC2)c1OC. The number of rotatable bonds is 5. The molecule has 1 aromatic rings. The normalized spacial score (nSPS) is 16.2. The lowest BCUT2D eigenvalue weighted by atomic mass is 9.91. The molecule has 1 aliphatic carbocycles. The van der Waals surface area contributed by atoms with Gasteiger partial charge in [-0.25, -0.2) is 4.39 Å². The number of halogens is 1. The van der Waals surface area contributed by atoms with E-state index in [2.05, 4.69) is 0 Å². The molecule has 0 amide bonds. The third kappa shape index (κ3) is 2.00. The second-order valence-electron chi connectivity index (χ2n) is 4.51. The molecule has 5 heteroatoms. The molecule has 2 rings (SSSR count). The zero-order valence-electron chi connectivity index (χ0n) is 10.3. The van der Waals surface area contributed by atoms with Gasteiger partial charge in [-0.15, -0.1) is 0 Å². The minimum atomic E-state index is -0.863. The largest absolute Gasteiger partial charge is 0.492 e. The molecule has 1 aliphatic rings. The quantitative estimate of drug-likeness (QED) is 0.876. The van der Waals surface area contributed by atoms with Crippen molar-refractivity contribution in [2.24, 2.45) is 0 Å². The molecule has 0 radical (unpaired) electrons. The van der Waals surface area contributed by atoms with Crippen molar-refractivity contribution in [1.29, 1.82) is 0 Å². The Labute approximate surface area is 104 Å². The zero-order chi connectivity index (χ0) is 13.3. The van der Waals surface area contributed by atoms with E-state index in [-0.39, 0.29) is 12.2 Å². The van der Waals surface area contributed by atoms with Gasteiger partial charge in [0.15, 0.2) is 17.3 Å². The molecular weight excluding hydrogens is 239 g/mol. The summed E-state index contributed by atoms with van der Waals surface area (Å²) in [6, 6.07) is 2.88. The van der Waals surface area contributed by atoms with Crippen LogP contribution in [0.3, 0.4) is 0 Å². The molecule has 0 aromatic heterocycles. The lowest BCUT2D eigenvalue weighted by Gasteiger charge is -2.19. The molecule has 0 bridgehead atoms. The first kappa shape index (κ1) is 12.7. The minimum Gasteiger partial charge on any atom is -0.492 e. The number of methoxy groups -OCH3 is 2. The van der Waals surface area contributed by atoms with E-state index in [9.17, 15) is 9.18 Å². The number of carbonyl (C=O) groups is 1. The summed E-state index contributed by atoms with van der Waals surface area (Å²) in [5.41, 5.74) is 0.281. The summed E-state index contributed by atoms with van der Waals surface area (Å²) in [6.07, 6.45) is 1.56. The molecule has 0 saturated heterocycles. The molecule has 1 aromatic carbocycles. The Bertz CT molecular complexity index is 480. The van der Waals surface area contributed by atoms with E-state index in [1.165, 1.54) is 20.3 Å². The monoisotopic (exact) mass is 254 g/mol. The van der Waals surface area contributed by atoms with Crippen LogP contribution < -0.4 is 9.47 Å². The molecule has 98 valence electrons. The first-order chi connectivity index (χ1) is 8.54. The summed E-state index contributed by atoms with van der Waals surface area (Å²) in [4.78, 5) is 10.9. The van der Waals surface area contributed by atoms with Crippen LogP contribution in [0.2, 0.25) is 0 Å². The van der Waals surface area contributed by atoms with Crippen LogP contribution in [-0.4, -0.2) is 25.3 Å². The van der Waals surface area contributed by atoms with E-state index >= 15 is 0 Å². The maximum absolute atomic E-state index is 13.6. The van der Waals surface area contributed by atoms with Crippen molar-refractivity contribution in [2.45, 2.75) is 24.7 Å². The number of aliphatic carboxylic acids is 1. The molecule has 4 nitrogen and oxygen atoms in total. The van der Waals surface area contributed by atoms with Gasteiger partial charge in [-0.3, -0.25) is 4.79 Å². The van der Waals surface area contributed by atoms with E-state index in [1.807, 2.05) is 0 Å². The van der Waals surface area contributed by atoms with Crippen LogP contribution in [0.25, 0.3) is 0 Å². The number of carboxylic acid groups (broad SMARTS) is 1. The third-order valence-corrected chi connectivity index (χ3v) is 3.39. The predicted octanol–water partition coefficient (Wildman–Crippen LogP) is 2.35. The first-order valence-corrected chi connectivity index (χ1v) is 5.67. The molecule has 0 unspecified atom stereocenters. The van der Waals surface area contributed by atoms with Gasteiger partial charge in [0.25, 0.3) is 0 Å². The Morgan fingerprint density at radius 2 is 1.94 bits per heavy atom. The molecule has 1 fully saturated rings. The topological polar surface area (TPSA) is 55.8 Å². The molecule has 0 heterocycles. The summed E-state index contributed by atoms with van der Waals surface area (Å²) >= 11 is 0. The van der Waals surface area contributed by atoms with Crippen molar-refractivity contribution in [1.82, 2.24) is 0 Å². The molecule has 0 atom stereocenters. The number of hydrogen-bond donors (Lipinski definition) is 1. The summed E-state index contributed by atoms with van der Waals surface area (Å²) in [7, 11) is 2.79. The van der Waals surface area contributed by atoms with Crippen LogP contribution in [0.1, 0.15) is 24.8 Å². The Morgan fingerprint density at radius 3 is 2.39 bits per heavy atom. The van der Waals surface area contributed by atoms with Crippen molar-refractivity contribution in [3.8, 4) is 11.5 Å². The molecule has 0 aliphatic heterocycles. The van der Waals surface area contributed by atoms with Gasteiger partial charge in [0, 0.05) is 11.0 Å². The van der Waals surface area contributed by atoms with Gasteiger partial charge >= 0.3 is 5.97 Å². The van der Waals surface area contributed by atoms with E-state index in [1.54, 1.807) is 6.07 Å². The van der Waals surface area contributed by atoms with Crippen LogP contribution in [0.4, 0.5) is 4.39 Å². The first-order valence-electron chi connectivity index (χ1n) is 5.67. The van der Waals surface area contributed by atoms with Crippen LogP contribution in [0, 0.1) is 5.82 Å². The van der Waals surface area contributed by atoms with Gasteiger partial charge in [0.2, 0.25) is 0 Å². The predicted molar refractivity (Wildman–Crippen MR) is 62.7 cm³/mol. The fourth-order valence-electron chi connectivity index (χ4n) is 2.33. The highest BCUT2D eigenvalue weighted by Gasteiger charge is 2.48. The Kier molecular flexibility index (Phi) is 3.15. The van der Waals surface area contributed by atoms with Gasteiger partial charge in [0.1, 0.15) is 0 Å². The Balaban J connectivity index is 2.48. The van der Waals surface area contributed by atoms with E-state index < -0.39 is 17.2 Å². The van der Waals surface area contributed by atoms with Gasteiger partial charge in [0.05, 0.1) is 20.6 Å². The fraction of sp³-hybridized carbons (Fsp3) is 0.462. The summed E-state index contributed by atoms with van der Waals surface area (Å²) in [5, 5.41) is 8.95. The van der Waals surface area contributed by atoms with Crippen molar-refractivity contribution in [3.05, 3.63) is 23.5 Å². The number of carboxylic acids is 1. The highest BCUT2D eigenvalue weighted by Crippen LogP contribution is 2.55. The number of hydrogen-bond acceptors (Lipinski definition) is 3. The third-order valence-electron chi connectivity index (χ3n) is 3.39. The van der Waals surface area contributed by atoms with Crippen LogP contribution in [0.15, 0.2) is 12.1 Å². The summed E-state index contributed by atoms with van der Waals surface area (Å²) < 4.78 is 23.8. The van der Waals surface area contributed by atoms with Crippen molar-refractivity contribution in [3.63, 3.8) is 0 Å². The van der Waals surface area contributed by atoms with Gasteiger partial charge in [-0.05, 0) is 18.9 Å². The van der Waals surface area contributed by atoms with Crippen LogP contribution in [0.5, 0.6) is 11.5 Å². The average Bonchev–Trinajstić information content (AvgIpc) is 3.08. The van der Waals surface area contributed by atoms with Gasteiger partial charge in [-0.1, -0.05) is 6.07 Å². The number of ether oxygens (including phenoxy) is 2. The van der Waals surface area contributed by atoms with Crippen molar-refractivity contribution < 1.29 is 23.8 Å². The van der Waals surface area contributed by atoms with Gasteiger partial charge in [-0.2, -0.15) is 0 Å². The standard InChI is InChI=1S/C13H15FO4/c1-17-11-8(3-4-9(14)12(11)18-2)13(5-6-13)7-10(15)16/h3-4H,5-7H2,1-2H3,(H,15,16). The minimum absolute atomic E-state index is 0.0259. The highest BCUT2D eigenvalue weighted by atomic mass is 19.1. The maximum atomic E-state index is 13.6. The summed E-state index contributed by atoms with van der Waals surface area (Å²) in [5.74, 6) is -1.04. The van der Waals surface area contributed by atoms with E-state index in [4.69, 9.17) is 14.6 Å². The zero-order valence-corrected chi connectivity index (χ0v) is 10.3. The molecule has 1 saturated carbocycles. The molecule has 0 spiro atoms. The Hall–Kier alpha value is -1.78. The molecule has 18 heavy (non-hydrogen) atoms. The lowest BCUT2D eigenvalue weighted by Crippen LogP contribution is -2.15. The molecule has 1 N–H and O–H groups in total.